The SMILES string of the molecule is COC(=O)C1CCN(CC[C@@H](NC(=O)c2nc3cc4c(nc3s2)CC[C@H](C(C)(C)C)C4)c2cccc(C(=O)NC3CN(C)C3)c2)CC1.O=C(O)C(F)(F)F. The molecule has 0 radical (unpaired) electrons. The highest BCUT2D eigenvalue weighted by Gasteiger charge is 2.38. The number of carboxylic acid groups (broad SMARTS) is 1. The van der Waals surface area contributed by atoms with Gasteiger partial charge in [0.25, 0.3) is 11.8 Å². The van der Waals surface area contributed by atoms with Crippen molar-refractivity contribution < 1.29 is 42.2 Å². The van der Waals surface area contributed by atoms with Crippen LogP contribution in [-0.4, -0.2) is 108 Å². The van der Waals surface area contributed by atoms with Gasteiger partial charge in [0.05, 0.1) is 25.1 Å². The average molecular weight is 775 g/mol. The summed E-state index contributed by atoms with van der Waals surface area (Å²) in [7, 11) is 3.48. The number of ether oxygens (including phenoxy) is 1. The number of methoxy groups -OCH3 is 1. The number of hydrogen-bond donors (Lipinski definition) is 3. The molecule has 1 aromatic carbocycles. The van der Waals surface area contributed by atoms with Gasteiger partial charge in [-0.05, 0) is 99.3 Å². The van der Waals surface area contributed by atoms with Crippen LogP contribution < -0.4 is 10.6 Å². The maximum absolute atomic E-state index is 13.8. The van der Waals surface area contributed by atoms with Gasteiger partial charge in [0.1, 0.15) is 10.3 Å². The van der Waals surface area contributed by atoms with Crippen LogP contribution in [-0.2, 0) is 27.2 Å². The minimum Gasteiger partial charge on any atom is -0.475 e. The van der Waals surface area contributed by atoms with E-state index in [9.17, 15) is 27.6 Å². The number of hydrogen-bond acceptors (Lipinski definition) is 10. The number of pyridine rings is 1. The summed E-state index contributed by atoms with van der Waals surface area (Å²) in [4.78, 5) is 62.8. The number of amides is 2. The number of aryl methyl sites for hydroxylation is 1. The van der Waals surface area contributed by atoms with Crippen molar-refractivity contribution in [2.24, 2.45) is 17.3 Å². The Morgan fingerprint density at radius 1 is 1.04 bits per heavy atom. The number of carbonyl (C=O) groups excluding carboxylic acids is 3. The van der Waals surface area contributed by atoms with Crippen LogP contribution >= 0.6 is 11.3 Å². The van der Waals surface area contributed by atoms with E-state index in [1.54, 1.807) is 0 Å². The summed E-state index contributed by atoms with van der Waals surface area (Å²) >= 11 is 1.34. The predicted octanol–water partition coefficient (Wildman–Crippen LogP) is 5.27. The molecule has 0 saturated carbocycles. The van der Waals surface area contributed by atoms with Crippen molar-refractivity contribution in [1.82, 2.24) is 30.4 Å². The maximum atomic E-state index is 13.8. The number of likely N-dealkylation sites (tertiary alicyclic amines) is 2. The summed E-state index contributed by atoms with van der Waals surface area (Å²) in [6, 6.07) is 9.53. The number of aromatic nitrogens is 2. The number of aliphatic carboxylic acids is 1. The molecule has 6 rings (SSSR count). The Morgan fingerprint density at radius 2 is 1.72 bits per heavy atom. The third-order valence-corrected chi connectivity index (χ3v) is 11.5. The van der Waals surface area contributed by atoms with Crippen LogP contribution in [0.1, 0.15) is 89.5 Å². The number of thiazole rings is 1. The number of piperidine rings is 1. The van der Waals surface area contributed by atoms with Crippen LogP contribution in [0, 0.1) is 17.3 Å². The van der Waals surface area contributed by atoms with Crippen molar-refractivity contribution in [3.8, 4) is 0 Å². The number of likely N-dealkylation sites (N-methyl/N-ethyl adjacent to an activating group) is 1. The van der Waals surface area contributed by atoms with Gasteiger partial charge in [-0.1, -0.05) is 44.2 Å². The molecule has 2 fully saturated rings. The average Bonchev–Trinajstić information content (AvgIpc) is 3.54. The van der Waals surface area contributed by atoms with Crippen molar-refractivity contribution in [2.75, 3.05) is 46.9 Å². The van der Waals surface area contributed by atoms with Gasteiger partial charge >= 0.3 is 18.1 Å². The minimum atomic E-state index is -5.08. The van der Waals surface area contributed by atoms with Gasteiger partial charge in [-0.3, -0.25) is 14.4 Å². The Kier molecular flexibility index (Phi) is 13.0. The summed E-state index contributed by atoms with van der Waals surface area (Å²) in [6.07, 6.45) is 0.147. The second-order valence-electron chi connectivity index (χ2n) is 15.5. The maximum Gasteiger partial charge on any atom is 0.490 e. The lowest BCUT2D eigenvalue weighted by Crippen LogP contribution is -2.57. The normalized spacial score (nSPS) is 19.1. The van der Waals surface area contributed by atoms with Crippen LogP contribution in [0.2, 0.25) is 0 Å². The van der Waals surface area contributed by atoms with Crippen LogP contribution in [0.15, 0.2) is 30.3 Å². The molecule has 2 saturated heterocycles. The van der Waals surface area contributed by atoms with E-state index in [0.29, 0.717) is 22.9 Å². The number of benzene rings is 1. The lowest BCUT2D eigenvalue weighted by molar-refractivity contribution is -0.192. The number of nitrogens with one attached hydrogen (secondary N) is 2. The molecule has 2 aliphatic heterocycles. The fraction of sp³-hybridized carbons (Fsp3) is 0.579. The van der Waals surface area contributed by atoms with Gasteiger partial charge in [0.15, 0.2) is 5.01 Å². The third-order valence-electron chi connectivity index (χ3n) is 10.5. The second-order valence-corrected chi connectivity index (χ2v) is 16.5. The number of fused-ring (bicyclic) bond motifs is 2. The Hall–Kier alpha value is -4.15. The zero-order valence-corrected chi connectivity index (χ0v) is 32.1. The fourth-order valence-electron chi connectivity index (χ4n) is 7.22. The van der Waals surface area contributed by atoms with Gasteiger partial charge < -0.3 is 30.3 Å². The molecule has 3 aromatic rings. The van der Waals surface area contributed by atoms with E-state index in [4.69, 9.17) is 24.6 Å². The molecule has 1 aliphatic carbocycles. The van der Waals surface area contributed by atoms with E-state index in [2.05, 4.69) is 47.3 Å². The molecule has 3 aliphatic rings. The molecule has 2 atom stereocenters. The van der Waals surface area contributed by atoms with E-state index in [-0.39, 0.29) is 41.2 Å². The van der Waals surface area contributed by atoms with Gasteiger partial charge in [-0.25, -0.2) is 14.8 Å². The van der Waals surface area contributed by atoms with E-state index >= 15 is 0 Å². The third kappa shape index (κ3) is 10.5. The van der Waals surface area contributed by atoms with Gasteiger partial charge in [-0.15, -0.1) is 0 Å². The highest BCUT2D eigenvalue weighted by molar-refractivity contribution is 7.19. The molecule has 294 valence electrons. The van der Waals surface area contributed by atoms with E-state index in [1.807, 2.05) is 31.3 Å². The number of carboxylic acids is 1. The molecule has 12 nitrogen and oxygen atoms in total. The summed E-state index contributed by atoms with van der Waals surface area (Å²) in [6.45, 7) is 10.9. The first kappa shape index (κ1) is 41.0. The van der Waals surface area contributed by atoms with Crippen LogP contribution in [0.25, 0.3) is 10.3 Å². The highest BCUT2D eigenvalue weighted by Crippen LogP contribution is 2.38. The molecule has 3 N–H and O–H groups in total. The molecule has 16 heteroatoms. The number of alkyl halides is 3. The van der Waals surface area contributed by atoms with Crippen LogP contribution in [0.5, 0.6) is 0 Å². The first-order valence-corrected chi connectivity index (χ1v) is 19.0. The molecule has 0 bridgehead atoms. The number of esters is 1. The van der Waals surface area contributed by atoms with E-state index < -0.39 is 12.1 Å². The molecule has 4 heterocycles. The standard InChI is InChI=1S/C36H48N6O4S.C2HF3O2/c1-36(2,3)26-9-10-28-25(18-26)19-30-33(39-28)47-34(40-30)32(44)38-29(13-16-42-14-11-22(12-15-42)35(45)46-5)23-7-6-8-24(17-23)31(43)37-27-20-41(4)21-27;3-2(4,5)1(6)7/h6-8,17,19,22,26-27,29H,9-16,18,20-21H2,1-5H3,(H,37,43)(H,38,44);(H,6,7)/t26-,29+;/m0./s1. The quantitative estimate of drug-likeness (QED) is 0.245. The summed E-state index contributed by atoms with van der Waals surface area (Å²) in [5.74, 6) is -2.70. The van der Waals surface area contributed by atoms with Crippen LogP contribution in [0.4, 0.5) is 13.2 Å². The monoisotopic (exact) mass is 774 g/mol. The number of halogens is 3. The molecule has 0 unspecified atom stereocenters. The van der Waals surface area contributed by atoms with Gasteiger partial charge in [-0.2, -0.15) is 13.2 Å². The Bertz CT molecular complexity index is 1830. The van der Waals surface area contributed by atoms with Crippen molar-refractivity contribution in [3.63, 3.8) is 0 Å². The topological polar surface area (TPSA) is 154 Å². The molecule has 2 amide bonds. The zero-order chi connectivity index (χ0) is 39.4. The van der Waals surface area contributed by atoms with Gasteiger partial charge in [0, 0.05) is 30.9 Å². The molecule has 0 spiro atoms. The largest absolute Gasteiger partial charge is 0.490 e. The van der Waals surface area contributed by atoms with Crippen molar-refractivity contribution >= 4 is 45.4 Å². The lowest BCUT2D eigenvalue weighted by Gasteiger charge is -2.36. The molecular weight excluding hydrogens is 726 g/mol. The van der Waals surface area contributed by atoms with Crippen LogP contribution in [0.3, 0.4) is 0 Å². The highest BCUT2D eigenvalue weighted by atomic mass is 32.1. The summed E-state index contributed by atoms with van der Waals surface area (Å²) in [5, 5.41) is 13.9. The second kappa shape index (κ2) is 17.1. The van der Waals surface area contributed by atoms with Crippen molar-refractivity contribution in [2.45, 2.75) is 77.6 Å². The predicted molar refractivity (Wildman–Crippen MR) is 197 cm³/mol. The Morgan fingerprint density at radius 3 is 2.33 bits per heavy atom. The van der Waals surface area contributed by atoms with Crippen molar-refractivity contribution in [3.05, 3.63) is 57.7 Å². The summed E-state index contributed by atoms with van der Waals surface area (Å²) in [5.41, 5.74) is 4.85. The van der Waals surface area contributed by atoms with Gasteiger partial charge in [0.2, 0.25) is 0 Å². The van der Waals surface area contributed by atoms with E-state index in [0.717, 1.165) is 86.4 Å². The zero-order valence-electron chi connectivity index (χ0n) is 31.3. The smallest absolute Gasteiger partial charge is 0.475 e. The molecular formula is C38H49F3N6O6S. The Labute approximate surface area is 316 Å². The minimum absolute atomic E-state index is 0.0601. The molecule has 2 aromatic heterocycles. The van der Waals surface area contributed by atoms with E-state index in [1.165, 1.54) is 24.0 Å². The first-order chi connectivity index (χ1) is 25.4. The van der Waals surface area contributed by atoms with Crippen molar-refractivity contribution in [1.29, 1.82) is 0 Å². The molecule has 54 heavy (non-hydrogen) atoms. The number of rotatable bonds is 9. The number of nitrogens with zero attached hydrogens (tertiary/aromatic N) is 4. The summed E-state index contributed by atoms with van der Waals surface area (Å²) < 4.78 is 36.7. The Balaban J connectivity index is 0.000000730. The number of carbonyl (C=O) groups is 4. The first-order valence-electron chi connectivity index (χ1n) is 18.2. The lowest BCUT2D eigenvalue weighted by atomic mass is 9.71. The fourth-order valence-corrected chi connectivity index (χ4v) is 8.06.